The van der Waals surface area contributed by atoms with Crippen LogP contribution in [0.15, 0.2) is 40.6 Å². The molecule has 26 heavy (non-hydrogen) atoms. The summed E-state index contributed by atoms with van der Waals surface area (Å²) in [6.07, 6.45) is 2.77. The molecule has 1 saturated heterocycles. The van der Waals surface area contributed by atoms with E-state index in [2.05, 4.69) is 5.32 Å². The second-order valence-corrected chi connectivity index (χ2v) is 9.02. The summed E-state index contributed by atoms with van der Waals surface area (Å²) in [4.78, 5) is 12.5. The second-order valence-electron chi connectivity index (χ2n) is 6.21. The van der Waals surface area contributed by atoms with Crippen LogP contribution in [-0.4, -0.2) is 31.2 Å². The Balaban J connectivity index is 1.78. The largest absolute Gasteiger partial charge is 0.312 e. The number of hydrogen-bond donors (Lipinski definition) is 1. The van der Waals surface area contributed by atoms with Crippen molar-refractivity contribution in [2.45, 2.75) is 37.1 Å². The molecule has 0 spiro atoms. The van der Waals surface area contributed by atoms with Crippen LogP contribution in [0.5, 0.6) is 0 Å². The molecule has 1 fully saturated rings. The van der Waals surface area contributed by atoms with Crippen LogP contribution in [0.3, 0.4) is 0 Å². The number of sulfonamides is 1. The summed E-state index contributed by atoms with van der Waals surface area (Å²) < 4.78 is 27.2. The summed E-state index contributed by atoms with van der Waals surface area (Å²) in [7, 11) is -3.55. The molecule has 3 rings (SSSR count). The van der Waals surface area contributed by atoms with Crippen molar-refractivity contribution in [1.29, 1.82) is 5.26 Å². The first-order valence-corrected chi connectivity index (χ1v) is 10.7. The standard InChI is InChI=1S/C18H19N3O3S2/c1-13-4-2-3-10-21(13)26(23,24)16-7-5-14(6-8-16)17(22)20-18-15(12-19)9-11-25-18/h5-9,11,13H,2-4,10H2,1H3,(H,20,22). The molecule has 1 aromatic heterocycles. The zero-order valence-electron chi connectivity index (χ0n) is 14.3. The average molecular weight is 390 g/mol. The van der Waals surface area contributed by atoms with Crippen molar-refractivity contribution in [1.82, 2.24) is 4.31 Å². The van der Waals surface area contributed by atoms with E-state index in [1.165, 1.54) is 39.9 Å². The predicted molar refractivity (Wildman–Crippen MR) is 101 cm³/mol. The maximum Gasteiger partial charge on any atom is 0.256 e. The van der Waals surface area contributed by atoms with Gasteiger partial charge in [0.25, 0.3) is 5.91 Å². The Morgan fingerprint density at radius 2 is 2.00 bits per heavy atom. The third-order valence-corrected chi connectivity index (χ3v) is 7.34. The predicted octanol–water partition coefficient (Wildman–Crippen LogP) is 3.44. The van der Waals surface area contributed by atoms with Crippen molar-refractivity contribution in [2.24, 2.45) is 0 Å². The SMILES string of the molecule is CC1CCCCN1S(=O)(=O)c1ccc(C(=O)Nc2sccc2C#N)cc1. The molecular formula is C18H19N3O3S2. The van der Waals surface area contributed by atoms with Gasteiger partial charge in [0.15, 0.2) is 0 Å². The maximum atomic E-state index is 12.8. The van der Waals surface area contributed by atoms with Crippen LogP contribution >= 0.6 is 11.3 Å². The Bertz CT molecular complexity index is 943. The second kappa shape index (κ2) is 7.58. The molecule has 1 atom stereocenters. The smallest absolute Gasteiger partial charge is 0.256 e. The molecule has 0 aliphatic carbocycles. The number of thiophene rings is 1. The van der Waals surface area contributed by atoms with Crippen LogP contribution in [-0.2, 0) is 10.0 Å². The van der Waals surface area contributed by atoms with Gasteiger partial charge in [0.1, 0.15) is 11.1 Å². The van der Waals surface area contributed by atoms with Gasteiger partial charge in [0.2, 0.25) is 10.0 Å². The highest BCUT2D eigenvalue weighted by atomic mass is 32.2. The zero-order chi connectivity index (χ0) is 18.7. The van der Waals surface area contributed by atoms with Crippen molar-refractivity contribution < 1.29 is 13.2 Å². The number of nitrogens with zero attached hydrogens (tertiary/aromatic N) is 2. The molecule has 1 amide bonds. The van der Waals surface area contributed by atoms with E-state index in [9.17, 15) is 13.2 Å². The summed E-state index contributed by atoms with van der Waals surface area (Å²) in [5, 5.41) is 13.9. The van der Waals surface area contributed by atoms with Crippen LogP contribution in [0.4, 0.5) is 5.00 Å². The minimum atomic E-state index is -3.55. The lowest BCUT2D eigenvalue weighted by atomic mass is 10.1. The molecule has 0 saturated carbocycles. The van der Waals surface area contributed by atoms with Gasteiger partial charge in [-0.25, -0.2) is 8.42 Å². The number of piperidine rings is 1. The van der Waals surface area contributed by atoms with E-state index in [1.54, 1.807) is 11.4 Å². The van der Waals surface area contributed by atoms with Gasteiger partial charge >= 0.3 is 0 Å². The minimum absolute atomic E-state index is 0.0139. The zero-order valence-corrected chi connectivity index (χ0v) is 15.9. The Morgan fingerprint density at radius 3 is 2.65 bits per heavy atom. The highest BCUT2D eigenvalue weighted by molar-refractivity contribution is 7.89. The number of anilines is 1. The first-order valence-electron chi connectivity index (χ1n) is 8.34. The van der Waals surface area contributed by atoms with E-state index < -0.39 is 10.0 Å². The Kier molecular flexibility index (Phi) is 5.41. The molecule has 0 radical (unpaired) electrons. The average Bonchev–Trinajstić information content (AvgIpc) is 3.09. The fourth-order valence-corrected chi connectivity index (χ4v) is 5.44. The topological polar surface area (TPSA) is 90.3 Å². The maximum absolute atomic E-state index is 12.8. The Hall–Kier alpha value is -2.21. The normalized spacial score (nSPS) is 18.2. The van der Waals surface area contributed by atoms with Crippen molar-refractivity contribution in [3.8, 4) is 6.07 Å². The van der Waals surface area contributed by atoms with Gasteiger partial charge in [-0.2, -0.15) is 9.57 Å². The highest BCUT2D eigenvalue weighted by Crippen LogP contribution is 2.26. The lowest BCUT2D eigenvalue weighted by Crippen LogP contribution is -2.41. The number of carbonyl (C=O) groups excluding carboxylic acids is 1. The fourth-order valence-electron chi connectivity index (χ4n) is 3.01. The van der Waals surface area contributed by atoms with E-state index in [0.717, 1.165) is 19.3 Å². The van der Waals surface area contributed by atoms with Crippen molar-refractivity contribution in [3.05, 3.63) is 46.8 Å². The Morgan fingerprint density at radius 1 is 1.27 bits per heavy atom. The van der Waals surface area contributed by atoms with Gasteiger partial charge in [-0.1, -0.05) is 6.42 Å². The summed E-state index contributed by atoms with van der Waals surface area (Å²) in [6, 6.07) is 9.55. The molecule has 6 nitrogen and oxygen atoms in total. The summed E-state index contributed by atoms with van der Waals surface area (Å²) in [5.74, 6) is -0.376. The molecule has 1 aliphatic rings. The Labute approximate surface area is 157 Å². The van der Waals surface area contributed by atoms with Gasteiger partial charge in [0.05, 0.1) is 10.5 Å². The summed E-state index contributed by atoms with van der Waals surface area (Å²) >= 11 is 1.27. The molecule has 1 aliphatic heterocycles. The molecule has 2 aromatic rings. The van der Waals surface area contributed by atoms with Gasteiger partial charge in [0, 0.05) is 18.2 Å². The molecule has 0 bridgehead atoms. The third kappa shape index (κ3) is 3.65. The lowest BCUT2D eigenvalue weighted by Gasteiger charge is -2.32. The summed E-state index contributed by atoms with van der Waals surface area (Å²) in [6.45, 7) is 2.45. The van der Waals surface area contributed by atoms with E-state index in [1.807, 2.05) is 13.0 Å². The van der Waals surface area contributed by atoms with Gasteiger partial charge < -0.3 is 5.32 Å². The molecule has 2 heterocycles. The molecule has 1 unspecified atom stereocenters. The number of amides is 1. The van der Waals surface area contributed by atoms with Crippen LogP contribution < -0.4 is 5.32 Å². The molecule has 8 heteroatoms. The summed E-state index contributed by atoms with van der Waals surface area (Å²) in [5.41, 5.74) is 0.745. The fraction of sp³-hybridized carbons (Fsp3) is 0.333. The van der Waals surface area contributed by atoms with Crippen LogP contribution in [0, 0.1) is 11.3 Å². The third-order valence-electron chi connectivity index (χ3n) is 4.48. The van der Waals surface area contributed by atoms with E-state index in [0.29, 0.717) is 22.7 Å². The first kappa shape index (κ1) is 18.6. The van der Waals surface area contributed by atoms with Gasteiger partial charge in [-0.15, -0.1) is 11.3 Å². The highest BCUT2D eigenvalue weighted by Gasteiger charge is 2.30. The van der Waals surface area contributed by atoms with Crippen molar-refractivity contribution in [3.63, 3.8) is 0 Å². The molecule has 1 aromatic carbocycles. The van der Waals surface area contributed by atoms with Crippen LogP contribution in [0.25, 0.3) is 0 Å². The lowest BCUT2D eigenvalue weighted by molar-refractivity contribution is 0.102. The van der Waals surface area contributed by atoms with Gasteiger partial charge in [-0.05, 0) is 55.5 Å². The number of hydrogen-bond acceptors (Lipinski definition) is 5. The first-order chi connectivity index (χ1) is 12.4. The van der Waals surface area contributed by atoms with Crippen LogP contribution in [0.2, 0.25) is 0 Å². The number of carbonyl (C=O) groups is 1. The minimum Gasteiger partial charge on any atom is -0.312 e. The van der Waals surface area contributed by atoms with Crippen LogP contribution in [0.1, 0.15) is 42.1 Å². The number of benzene rings is 1. The monoisotopic (exact) mass is 389 g/mol. The number of nitriles is 1. The molecule has 1 N–H and O–H groups in total. The van der Waals surface area contributed by atoms with Gasteiger partial charge in [-0.3, -0.25) is 4.79 Å². The quantitative estimate of drug-likeness (QED) is 0.867. The van der Waals surface area contributed by atoms with E-state index in [4.69, 9.17) is 5.26 Å². The van der Waals surface area contributed by atoms with E-state index >= 15 is 0 Å². The van der Waals surface area contributed by atoms with Crippen molar-refractivity contribution in [2.75, 3.05) is 11.9 Å². The molecule has 136 valence electrons. The number of nitrogens with one attached hydrogen (secondary N) is 1. The van der Waals surface area contributed by atoms with E-state index in [-0.39, 0.29) is 16.8 Å². The number of rotatable bonds is 4. The van der Waals surface area contributed by atoms with Crippen molar-refractivity contribution >= 4 is 32.3 Å². The molecular weight excluding hydrogens is 370 g/mol.